The van der Waals surface area contributed by atoms with Crippen molar-refractivity contribution < 1.29 is 26.7 Å². The molecule has 6 heteroatoms. The molecule has 1 unspecified atom stereocenters. The number of ketones is 1. The van der Waals surface area contributed by atoms with Crippen molar-refractivity contribution in [1.29, 1.82) is 0 Å². The summed E-state index contributed by atoms with van der Waals surface area (Å²) in [6.45, 7) is 6.85. The van der Waals surface area contributed by atoms with Crippen molar-refractivity contribution in [2.45, 2.75) is 110 Å². The molecular formula is C26H39F5O. The largest absolute Gasteiger partial charge is 0.461 e. The molecule has 0 bridgehead atoms. The van der Waals surface area contributed by atoms with E-state index >= 15 is 0 Å². The summed E-state index contributed by atoms with van der Waals surface area (Å²) in [6.07, 6.45) is 6.16. The first kappa shape index (κ1) is 24.4. The number of fused-ring (bicyclic) bond motifs is 5. The van der Waals surface area contributed by atoms with Gasteiger partial charge in [0, 0.05) is 6.42 Å². The lowest BCUT2D eigenvalue weighted by Gasteiger charge is -2.61. The zero-order valence-corrected chi connectivity index (χ0v) is 19.7. The van der Waals surface area contributed by atoms with Gasteiger partial charge in [0.1, 0.15) is 0 Å². The highest BCUT2D eigenvalue weighted by atomic mass is 19.4. The van der Waals surface area contributed by atoms with E-state index in [0.29, 0.717) is 17.3 Å². The van der Waals surface area contributed by atoms with Crippen molar-refractivity contribution in [2.75, 3.05) is 0 Å². The van der Waals surface area contributed by atoms with Crippen LogP contribution in [-0.4, -0.2) is 17.9 Å². The third-order valence-corrected chi connectivity index (χ3v) is 10.9. The molecule has 0 amide bonds. The van der Waals surface area contributed by atoms with E-state index in [0.717, 1.165) is 37.0 Å². The van der Waals surface area contributed by atoms with E-state index in [4.69, 9.17) is 0 Å². The van der Waals surface area contributed by atoms with Crippen LogP contribution in [0.2, 0.25) is 0 Å². The van der Waals surface area contributed by atoms with Crippen LogP contribution in [0.1, 0.15) is 97.8 Å². The maximum atomic E-state index is 13.4. The first-order valence-electron chi connectivity index (χ1n) is 12.8. The Morgan fingerprint density at radius 1 is 0.875 bits per heavy atom. The fraction of sp³-hybridized carbons (Fsp3) is 0.962. The molecule has 8 atom stereocenters. The smallest absolute Gasteiger partial charge is 0.293 e. The fourth-order valence-corrected chi connectivity index (χ4v) is 9.15. The SMILES string of the molecule is C[C@H](CCC(=O)C(F)(F)C(F)(F)F)[C@H]1CC[C@H]2[C@@H]3CCC4CCCC[C@]4(C)[C@H]3CC[C@]12C. The van der Waals surface area contributed by atoms with Crippen molar-refractivity contribution in [2.24, 2.45) is 46.3 Å². The lowest BCUT2D eigenvalue weighted by molar-refractivity contribution is -0.268. The molecule has 0 spiro atoms. The number of rotatable bonds is 5. The molecule has 4 rings (SSSR count). The maximum absolute atomic E-state index is 13.4. The minimum Gasteiger partial charge on any atom is -0.293 e. The van der Waals surface area contributed by atoms with Crippen LogP contribution < -0.4 is 0 Å². The fourth-order valence-electron chi connectivity index (χ4n) is 9.15. The van der Waals surface area contributed by atoms with E-state index in [9.17, 15) is 26.7 Å². The maximum Gasteiger partial charge on any atom is 0.461 e. The standard InChI is InChI=1S/C26H39F5O/c1-16(7-12-22(32)25(27,28)26(29,30)31)19-10-11-20-18-9-8-17-6-4-5-14-23(17,2)21(18)13-15-24(19,20)3/h16-21H,4-15H2,1-3H3/t16-,17?,18+,19-,20+,21+,23+,24-/m1/s1. The second kappa shape index (κ2) is 8.22. The van der Waals surface area contributed by atoms with E-state index in [1.165, 1.54) is 44.9 Å². The summed E-state index contributed by atoms with van der Waals surface area (Å²) >= 11 is 0. The van der Waals surface area contributed by atoms with Gasteiger partial charge in [-0.2, -0.15) is 22.0 Å². The number of hydrogen-bond donors (Lipinski definition) is 0. The molecule has 0 aromatic carbocycles. The first-order chi connectivity index (χ1) is 14.8. The number of Topliss-reactive ketones (excluding diaryl/α,β-unsaturated/α-hetero) is 1. The quantitative estimate of drug-likeness (QED) is 0.376. The van der Waals surface area contributed by atoms with Gasteiger partial charge in [-0.3, -0.25) is 4.79 Å². The van der Waals surface area contributed by atoms with Gasteiger partial charge in [0.2, 0.25) is 5.78 Å². The van der Waals surface area contributed by atoms with Gasteiger partial charge in [-0.25, -0.2) is 0 Å². The van der Waals surface area contributed by atoms with E-state index in [2.05, 4.69) is 13.8 Å². The zero-order chi connectivity index (χ0) is 23.5. The molecule has 4 aliphatic carbocycles. The van der Waals surface area contributed by atoms with Crippen LogP contribution in [0.3, 0.4) is 0 Å². The Morgan fingerprint density at radius 3 is 2.25 bits per heavy atom. The molecule has 0 aromatic heterocycles. The first-order valence-corrected chi connectivity index (χ1v) is 12.8. The second-order valence-electron chi connectivity index (χ2n) is 12.1. The summed E-state index contributed by atoms with van der Waals surface area (Å²) in [5.74, 6) is -3.94. The molecule has 32 heavy (non-hydrogen) atoms. The van der Waals surface area contributed by atoms with Crippen LogP contribution in [0.15, 0.2) is 0 Å². The van der Waals surface area contributed by atoms with E-state index < -0.39 is 24.3 Å². The van der Waals surface area contributed by atoms with Crippen LogP contribution >= 0.6 is 0 Å². The topological polar surface area (TPSA) is 17.1 Å². The molecule has 0 heterocycles. The minimum absolute atomic E-state index is 0.0175. The average Bonchev–Trinajstić information content (AvgIpc) is 3.07. The van der Waals surface area contributed by atoms with Gasteiger partial charge in [-0.05, 0) is 104 Å². The van der Waals surface area contributed by atoms with Gasteiger partial charge in [0.05, 0.1) is 0 Å². The zero-order valence-electron chi connectivity index (χ0n) is 19.7. The van der Waals surface area contributed by atoms with Gasteiger partial charge in [0.15, 0.2) is 0 Å². The molecular weight excluding hydrogens is 423 g/mol. The van der Waals surface area contributed by atoms with Crippen LogP contribution in [0.4, 0.5) is 22.0 Å². The predicted octanol–water partition coefficient (Wildman–Crippen LogP) is 8.22. The van der Waals surface area contributed by atoms with Crippen molar-refractivity contribution in [3.8, 4) is 0 Å². The van der Waals surface area contributed by atoms with Crippen molar-refractivity contribution in [3.05, 3.63) is 0 Å². The lowest BCUT2D eigenvalue weighted by Crippen LogP contribution is -2.53. The predicted molar refractivity (Wildman–Crippen MR) is 114 cm³/mol. The monoisotopic (exact) mass is 462 g/mol. The number of halogens is 5. The third kappa shape index (κ3) is 3.74. The van der Waals surface area contributed by atoms with Crippen LogP contribution in [0.25, 0.3) is 0 Å². The van der Waals surface area contributed by atoms with Gasteiger partial charge < -0.3 is 0 Å². The second-order valence-corrected chi connectivity index (χ2v) is 12.1. The van der Waals surface area contributed by atoms with Crippen LogP contribution in [0, 0.1) is 46.3 Å². The van der Waals surface area contributed by atoms with Gasteiger partial charge in [0.25, 0.3) is 0 Å². The Bertz CT molecular complexity index is 717. The Balaban J connectivity index is 1.43. The van der Waals surface area contributed by atoms with Crippen LogP contribution in [-0.2, 0) is 4.79 Å². The number of carbonyl (C=O) groups excluding carboxylic acids is 1. The summed E-state index contributed by atoms with van der Waals surface area (Å²) in [5.41, 5.74) is 0.579. The van der Waals surface area contributed by atoms with Gasteiger partial charge in [-0.15, -0.1) is 0 Å². The Morgan fingerprint density at radius 2 is 1.56 bits per heavy atom. The van der Waals surface area contributed by atoms with Crippen LogP contribution in [0.5, 0.6) is 0 Å². The molecule has 0 radical (unpaired) electrons. The Labute approximate surface area is 189 Å². The molecule has 1 nitrogen and oxygen atoms in total. The number of hydrogen-bond acceptors (Lipinski definition) is 1. The molecule has 4 fully saturated rings. The highest BCUT2D eigenvalue weighted by Gasteiger charge is 2.63. The number of alkyl halides is 5. The van der Waals surface area contributed by atoms with E-state index in [1.807, 2.05) is 6.92 Å². The average molecular weight is 463 g/mol. The van der Waals surface area contributed by atoms with Crippen molar-refractivity contribution in [3.63, 3.8) is 0 Å². The minimum atomic E-state index is -5.80. The normalized spacial score (nSPS) is 43.2. The molecule has 0 saturated heterocycles. The molecule has 4 aliphatic rings. The summed E-state index contributed by atoms with van der Waals surface area (Å²) in [6, 6.07) is 0. The summed E-state index contributed by atoms with van der Waals surface area (Å²) in [4.78, 5) is 11.7. The highest BCUT2D eigenvalue weighted by molar-refractivity contribution is 5.86. The highest BCUT2D eigenvalue weighted by Crippen LogP contribution is 2.68. The lowest BCUT2D eigenvalue weighted by atomic mass is 9.44. The van der Waals surface area contributed by atoms with Crippen molar-refractivity contribution in [1.82, 2.24) is 0 Å². The van der Waals surface area contributed by atoms with E-state index in [1.54, 1.807) is 0 Å². The van der Waals surface area contributed by atoms with Crippen molar-refractivity contribution >= 4 is 5.78 Å². The summed E-state index contributed by atoms with van der Waals surface area (Å²) < 4.78 is 64.3. The third-order valence-electron chi connectivity index (χ3n) is 10.9. The summed E-state index contributed by atoms with van der Waals surface area (Å²) in [5, 5.41) is 0. The van der Waals surface area contributed by atoms with Gasteiger partial charge >= 0.3 is 12.1 Å². The molecule has 0 N–H and O–H groups in total. The summed E-state index contributed by atoms with van der Waals surface area (Å²) in [7, 11) is 0. The van der Waals surface area contributed by atoms with Gasteiger partial charge in [-0.1, -0.05) is 33.6 Å². The molecule has 184 valence electrons. The Hall–Kier alpha value is -0.680. The Kier molecular flexibility index (Phi) is 6.28. The molecule has 4 saturated carbocycles. The number of carbonyl (C=O) groups is 1. The van der Waals surface area contributed by atoms with E-state index in [-0.39, 0.29) is 17.8 Å². The molecule has 0 aliphatic heterocycles. The molecule has 0 aromatic rings.